The fraction of sp³-hybridized carbons (Fsp3) is 0.235. The zero-order valence-corrected chi connectivity index (χ0v) is 23.0. The van der Waals surface area contributed by atoms with Crippen LogP contribution in [0.2, 0.25) is 0 Å². The molecule has 1 N–H and O–H groups in total. The summed E-state index contributed by atoms with van der Waals surface area (Å²) in [5.41, 5.74) is 3.14. The Morgan fingerprint density at radius 3 is 2.33 bits per heavy atom. The van der Waals surface area contributed by atoms with E-state index in [9.17, 15) is 19.2 Å². The monoisotopic (exact) mass is 533 g/mol. The van der Waals surface area contributed by atoms with E-state index >= 15 is 0 Å². The van der Waals surface area contributed by atoms with Crippen LogP contribution in [0.4, 0.5) is 5.69 Å². The van der Waals surface area contributed by atoms with E-state index in [1.807, 2.05) is 49.4 Å². The molecule has 4 aromatic carbocycles. The molecule has 1 amide bonds. The van der Waals surface area contributed by atoms with E-state index in [1.54, 1.807) is 42.5 Å². The van der Waals surface area contributed by atoms with E-state index in [1.165, 1.54) is 0 Å². The molecular weight excluding hydrogens is 502 g/mol. The number of cyclic esters (lactones) is 1. The van der Waals surface area contributed by atoms with Gasteiger partial charge in [-0.3, -0.25) is 14.4 Å². The maximum atomic E-state index is 14.0. The Morgan fingerprint density at radius 1 is 0.875 bits per heavy atom. The normalized spacial score (nSPS) is 15.3. The third kappa shape index (κ3) is 5.30. The lowest BCUT2D eigenvalue weighted by Crippen LogP contribution is -2.38. The van der Waals surface area contributed by atoms with Crippen molar-refractivity contribution < 1.29 is 23.9 Å². The molecule has 1 aliphatic heterocycles. The van der Waals surface area contributed by atoms with Crippen molar-refractivity contribution in [3.05, 3.63) is 113 Å². The number of ketones is 2. The van der Waals surface area contributed by atoms with E-state index in [0.717, 1.165) is 21.9 Å². The van der Waals surface area contributed by atoms with Gasteiger partial charge in [0.2, 0.25) is 5.78 Å². The molecule has 6 nitrogen and oxygen atoms in total. The third-order valence-corrected chi connectivity index (χ3v) is 7.17. The van der Waals surface area contributed by atoms with Crippen LogP contribution in [0.15, 0.2) is 84.9 Å². The first-order valence-electron chi connectivity index (χ1n) is 13.3. The van der Waals surface area contributed by atoms with Gasteiger partial charge in [0, 0.05) is 16.8 Å². The van der Waals surface area contributed by atoms with Crippen LogP contribution in [0, 0.1) is 18.3 Å². The first-order chi connectivity index (χ1) is 19.0. The molecule has 0 spiro atoms. The van der Waals surface area contributed by atoms with Crippen molar-refractivity contribution in [1.29, 1.82) is 0 Å². The van der Waals surface area contributed by atoms with Gasteiger partial charge in [0.25, 0.3) is 5.91 Å². The number of aryl methyl sites for hydroxylation is 1. The van der Waals surface area contributed by atoms with Crippen molar-refractivity contribution in [3.8, 4) is 0 Å². The Labute approximate surface area is 233 Å². The number of esters is 1. The Kier molecular flexibility index (Phi) is 7.11. The van der Waals surface area contributed by atoms with Crippen molar-refractivity contribution in [1.82, 2.24) is 0 Å². The standard InChI is InChI=1S/C34H31NO5/c1-20-10-9-13-24(19-34(2,3)4)28(20)35-32(38)30(37)27(31-25-14-7-8-15-26(25)33(39)40-31)29(36)23-17-16-21-11-5-6-12-22(21)18-23/h5-18,27,31H,19H2,1-4H3,(H,35,38). The number of benzene rings is 4. The summed E-state index contributed by atoms with van der Waals surface area (Å²) in [6.07, 6.45) is -0.544. The van der Waals surface area contributed by atoms with Crippen LogP contribution in [0.25, 0.3) is 10.8 Å². The molecule has 0 saturated carbocycles. The lowest BCUT2D eigenvalue weighted by atomic mass is 9.84. The van der Waals surface area contributed by atoms with Gasteiger partial charge < -0.3 is 10.1 Å². The van der Waals surface area contributed by atoms with Crippen molar-refractivity contribution in [3.63, 3.8) is 0 Å². The van der Waals surface area contributed by atoms with Gasteiger partial charge in [-0.1, -0.05) is 93.6 Å². The average molecular weight is 534 g/mol. The first-order valence-corrected chi connectivity index (χ1v) is 13.3. The maximum absolute atomic E-state index is 14.0. The Bertz CT molecular complexity index is 1660. The van der Waals surface area contributed by atoms with E-state index in [4.69, 9.17) is 4.74 Å². The number of Topliss-reactive ketones (excluding diaryl/α,β-unsaturated/α-hetero) is 2. The Balaban J connectivity index is 1.54. The topological polar surface area (TPSA) is 89.5 Å². The summed E-state index contributed by atoms with van der Waals surface area (Å²) in [6.45, 7) is 8.14. The minimum atomic E-state index is -1.55. The molecule has 0 radical (unpaired) electrons. The lowest BCUT2D eigenvalue weighted by molar-refractivity contribution is -0.138. The SMILES string of the molecule is Cc1cccc(CC(C)(C)C)c1NC(=O)C(=O)C(C(=O)c1ccc2ccccc2c1)C1OC(=O)c2ccccc21. The number of ether oxygens (including phenoxy) is 1. The predicted molar refractivity (Wildman–Crippen MR) is 154 cm³/mol. The van der Waals surface area contributed by atoms with Gasteiger partial charge in [0.05, 0.1) is 5.56 Å². The van der Waals surface area contributed by atoms with Gasteiger partial charge in [-0.25, -0.2) is 4.79 Å². The predicted octanol–water partition coefficient (Wildman–Crippen LogP) is 6.66. The molecular formula is C34H31NO5. The van der Waals surface area contributed by atoms with Crippen molar-refractivity contribution >= 4 is 39.9 Å². The number of anilines is 1. The summed E-state index contributed by atoms with van der Waals surface area (Å²) in [5.74, 6) is -4.65. The zero-order valence-electron chi connectivity index (χ0n) is 23.0. The number of carbonyl (C=O) groups excluding carboxylic acids is 4. The molecule has 0 aromatic heterocycles. The number of rotatable bonds is 7. The average Bonchev–Trinajstić information content (AvgIpc) is 3.25. The highest BCUT2D eigenvalue weighted by atomic mass is 16.5. The van der Waals surface area contributed by atoms with Crippen LogP contribution in [0.5, 0.6) is 0 Å². The molecule has 5 rings (SSSR count). The number of hydrogen-bond donors (Lipinski definition) is 1. The second-order valence-electron chi connectivity index (χ2n) is 11.5. The van der Waals surface area contributed by atoms with Crippen molar-refractivity contribution in [2.45, 2.75) is 40.2 Å². The molecule has 2 unspecified atom stereocenters. The molecule has 0 aliphatic carbocycles. The molecule has 2 atom stereocenters. The van der Waals surface area contributed by atoms with E-state index in [-0.39, 0.29) is 16.5 Å². The largest absolute Gasteiger partial charge is 0.453 e. The van der Waals surface area contributed by atoms with Crippen LogP contribution in [-0.4, -0.2) is 23.4 Å². The van der Waals surface area contributed by atoms with Crippen LogP contribution < -0.4 is 5.32 Å². The smallest absolute Gasteiger partial charge is 0.339 e. The number of para-hydroxylation sites is 1. The molecule has 0 saturated heterocycles. The maximum Gasteiger partial charge on any atom is 0.339 e. The summed E-state index contributed by atoms with van der Waals surface area (Å²) in [6, 6.07) is 25.0. The zero-order chi connectivity index (χ0) is 28.6. The first kappa shape index (κ1) is 27.0. The number of amides is 1. The summed E-state index contributed by atoms with van der Waals surface area (Å²) >= 11 is 0. The number of fused-ring (bicyclic) bond motifs is 2. The van der Waals surface area contributed by atoms with Gasteiger partial charge in [-0.05, 0) is 52.8 Å². The number of carbonyl (C=O) groups is 4. The van der Waals surface area contributed by atoms with Gasteiger partial charge in [-0.2, -0.15) is 0 Å². The summed E-state index contributed by atoms with van der Waals surface area (Å²) in [4.78, 5) is 54.2. The van der Waals surface area contributed by atoms with Gasteiger partial charge in [0.15, 0.2) is 5.78 Å². The quantitative estimate of drug-likeness (QED) is 0.124. The van der Waals surface area contributed by atoms with E-state index in [0.29, 0.717) is 17.7 Å². The summed E-state index contributed by atoms with van der Waals surface area (Å²) in [7, 11) is 0. The minimum absolute atomic E-state index is 0.0619. The fourth-order valence-corrected chi connectivity index (χ4v) is 5.28. The van der Waals surface area contributed by atoms with Crippen LogP contribution in [-0.2, 0) is 20.7 Å². The molecule has 6 heteroatoms. The highest BCUT2D eigenvalue weighted by Gasteiger charge is 2.46. The number of nitrogens with one attached hydrogen (secondary N) is 1. The highest BCUT2D eigenvalue weighted by Crippen LogP contribution is 2.39. The third-order valence-electron chi connectivity index (χ3n) is 7.17. The van der Waals surface area contributed by atoms with E-state index in [2.05, 4.69) is 26.1 Å². The molecule has 0 bridgehead atoms. The molecule has 1 aliphatic rings. The second kappa shape index (κ2) is 10.5. The van der Waals surface area contributed by atoms with Crippen LogP contribution in [0.3, 0.4) is 0 Å². The number of hydrogen-bond acceptors (Lipinski definition) is 5. The van der Waals surface area contributed by atoms with Crippen LogP contribution >= 0.6 is 0 Å². The molecule has 1 heterocycles. The Morgan fingerprint density at radius 2 is 1.57 bits per heavy atom. The van der Waals surface area contributed by atoms with Gasteiger partial charge in [0.1, 0.15) is 12.0 Å². The summed E-state index contributed by atoms with van der Waals surface area (Å²) in [5, 5.41) is 4.55. The minimum Gasteiger partial charge on any atom is -0.453 e. The van der Waals surface area contributed by atoms with Gasteiger partial charge in [-0.15, -0.1) is 0 Å². The molecule has 40 heavy (non-hydrogen) atoms. The summed E-state index contributed by atoms with van der Waals surface area (Å²) < 4.78 is 5.60. The van der Waals surface area contributed by atoms with E-state index < -0.39 is 35.5 Å². The highest BCUT2D eigenvalue weighted by molar-refractivity contribution is 6.45. The van der Waals surface area contributed by atoms with Crippen molar-refractivity contribution in [2.24, 2.45) is 11.3 Å². The molecule has 4 aromatic rings. The molecule has 0 fully saturated rings. The lowest BCUT2D eigenvalue weighted by Gasteiger charge is -2.23. The molecule has 202 valence electrons. The van der Waals surface area contributed by atoms with Crippen LogP contribution in [0.1, 0.15) is 64.3 Å². The van der Waals surface area contributed by atoms with Gasteiger partial charge >= 0.3 is 5.97 Å². The fourth-order valence-electron chi connectivity index (χ4n) is 5.28. The second-order valence-corrected chi connectivity index (χ2v) is 11.5. The van der Waals surface area contributed by atoms with Crippen molar-refractivity contribution in [2.75, 3.05) is 5.32 Å². The Hall–Kier alpha value is -4.58.